The largest absolute Gasteiger partial charge is 0.376 e. The molecule has 1 unspecified atom stereocenters. The summed E-state index contributed by atoms with van der Waals surface area (Å²) in [6.07, 6.45) is 3.89. The van der Waals surface area contributed by atoms with Gasteiger partial charge in [0.25, 0.3) is 0 Å². The molecule has 1 aromatic heterocycles. The quantitative estimate of drug-likeness (QED) is 0.882. The van der Waals surface area contributed by atoms with Gasteiger partial charge in [0.15, 0.2) is 0 Å². The summed E-state index contributed by atoms with van der Waals surface area (Å²) in [6, 6.07) is 8.57. The second-order valence-corrected chi connectivity index (χ2v) is 7.22. The molecular formula is C20H27N5O. The second kappa shape index (κ2) is 8.12. The number of likely N-dealkylation sites (N-methyl/N-ethyl adjacent to an activating group) is 1. The molecule has 2 aliphatic heterocycles. The fraction of sp³-hybridized carbons (Fsp3) is 0.500. The molecule has 26 heavy (non-hydrogen) atoms. The van der Waals surface area contributed by atoms with Gasteiger partial charge in [-0.15, -0.1) is 0 Å². The number of rotatable bonds is 5. The number of fused-ring (bicyclic) bond motifs is 1. The molecular weight excluding hydrogens is 326 g/mol. The van der Waals surface area contributed by atoms with Crippen LogP contribution in [-0.2, 0) is 17.9 Å². The Morgan fingerprint density at radius 1 is 1.12 bits per heavy atom. The first-order valence-corrected chi connectivity index (χ1v) is 9.40. The first-order chi connectivity index (χ1) is 12.8. The fourth-order valence-electron chi connectivity index (χ4n) is 3.63. The molecule has 1 saturated heterocycles. The third-order valence-corrected chi connectivity index (χ3v) is 5.27. The molecule has 0 aliphatic carbocycles. The Balaban J connectivity index is 1.29. The van der Waals surface area contributed by atoms with Gasteiger partial charge in [0.05, 0.1) is 13.2 Å². The summed E-state index contributed by atoms with van der Waals surface area (Å²) in [4.78, 5) is 13.7. The van der Waals surface area contributed by atoms with Crippen LogP contribution < -0.4 is 10.2 Å². The van der Waals surface area contributed by atoms with Gasteiger partial charge < -0.3 is 19.9 Å². The van der Waals surface area contributed by atoms with Crippen molar-refractivity contribution in [3.8, 4) is 0 Å². The molecule has 6 nitrogen and oxygen atoms in total. The van der Waals surface area contributed by atoms with Crippen LogP contribution in [0.3, 0.4) is 0 Å². The summed E-state index contributed by atoms with van der Waals surface area (Å²) < 4.78 is 5.73. The predicted octanol–water partition coefficient (Wildman–Crippen LogP) is 1.63. The van der Waals surface area contributed by atoms with Gasteiger partial charge in [-0.25, -0.2) is 9.97 Å². The van der Waals surface area contributed by atoms with E-state index in [1.807, 2.05) is 12.4 Å². The Labute approximate surface area is 155 Å². The topological polar surface area (TPSA) is 53.5 Å². The summed E-state index contributed by atoms with van der Waals surface area (Å²) >= 11 is 0. The number of anilines is 1. The van der Waals surface area contributed by atoms with Crippen molar-refractivity contribution in [2.24, 2.45) is 0 Å². The summed E-state index contributed by atoms with van der Waals surface area (Å²) in [5.41, 5.74) is 3.84. The molecule has 4 rings (SSSR count). The van der Waals surface area contributed by atoms with Gasteiger partial charge in [-0.3, -0.25) is 0 Å². The van der Waals surface area contributed by atoms with E-state index in [0.717, 1.165) is 64.0 Å². The second-order valence-electron chi connectivity index (χ2n) is 7.22. The van der Waals surface area contributed by atoms with E-state index in [1.54, 1.807) is 0 Å². The molecule has 6 heteroatoms. The van der Waals surface area contributed by atoms with Crippen LogP contribution in [0.15, 0.2) is 36.7 Å². The Morgan fingerprint density at radius 2 is 1.88 bits per heavy atom. The molecule has 1 atom stereocenters. The SMILES string of the molecule is CN1CCN(c2ncc(CNCC3COCc4ccccc43)cn2)CC1. The molecule has 2 aromatic rings. The average molecular weight is 353 g/mol. The first-order valence-electron chi connectivity index (χ1n) is 9.40. The lowest BCUT2D eigenvalue weighted by molar-refractivity contribution is 0.0906. The molecule has 0 saturated carbocycles. The number of aromatic nitrogens is 2. The van der Waals surface area contributed by atoms with E-state index in [0.29, 0.717) is 5.92 Å². The van der Waals surface area contributed by atoms with Gasteiger partial charge in [0.2, 0.25) is 5.95 Å². The van der Waals surface area contributed by atoms with Crippen molar-refractivity contribution in [1.29, 1.82) is 0 Å². The van der Waals surface area contributed by atoms with Crippen molar-refractivity contribution in [3.63, 3.8) is 0 Å². The van der Waals surface area contributed by atoms with Crippen LogP contribution in [0.5, 0.6) is 0 Å². The van der Waals surface area contributed by atoms with Gasteiger partial charge in [-0.2, -0.15) is 0 Å². The summed E-state index contributed by atoms with van der Waals surface area (Å²) in [6.45, 7) is 7.32. The van der Waals surface area contributed by atoms with E-state index < -0.39 is 0 Å². The van der Waals surface area contributed by atoms with Crippen molar-refractivity contribution >= 4 is 5.95 Å². The molecule has 138 valence electrons. The van der Waals surface area contributed by atoms with Crippen LogP contribution in [0.2, 0.25) is 0 Å². The lowest BCUT2D eigenvalue weighted by atomic mass is 9.93. The maximum Gasteiger partial charge on any atom is 0.225 e. The average Bonchev–Trinajstić information content (AvgIpc) is 2.69. The van der Waals surface area contributed by atoms with Gasteiger partial charge >= 0.3 is 0 Å². The fourth-order valence-corrected chi connectivity index (χ4v) is 3.63. The highest BCUT2D eigenvalue weighted by molar-refractivity contribution is 5.32. The van der Waals surface area contributed by atoms with Gasteiger partial charge in [-0.1, -0.05) is 24.3 Å². The summed E-state index contributed by atoms with van der Waals surface area (Å²) in [5, 5.41) is 3.54. The van der Waals surface area contributed by atoms with Crippen molar-refractivity contribution in [1.82, 2.24) is 20.2 Å². The van der Waals surface area contributed by atoms with E-state index in [1.165, 1.54) is 11.1 Å². The third kappa shape index (κ3) is 4.03. The van der Waals surface area contributed by atoms with Crippen molar-refractivity contribution in [2.75, 3.05) is 51.3 Å². The molecule has 0 bridgehead atoms. The molecule has 1 aromatic carbocycles. The third-order valence-electron chi connectivity index (χ3n) is 5.27. The highest BCUT2D eigenvalue weighted by Gasteiger charge is 2.20. The first kappa shape index (κ1) is 17.4. The molecule has 1 N–H and O–H groups in total. The minimum Gasteiger partial charge on any atom is -0.376 e. The van der Waals surface area contributed by atoms with E-state index in [9.17, 15) is 0 Å². The highest BCUT2D eigenvalue weighted by atomic mass is 16.5. The molecule has 2 aliphatic rings. The number of hydrogen-bond acceptors (Lipinski definition) is 6. The standard InChI is InChI=1S/C20H27N5O/c1-24-6-8-25(9-7-24)20-22-11-16(12-23-20)10-21-13-18-15-26-14-17-4-2-3-5-19(17)18/h2-5,11-12,18,21H,6-10,13-15H2,1H3. The molecule has 0 spiro atoms. The van der Waals surface area contributed by atoms with Crippen LogP contribution in [0.1, 0.15) is 22.6 Å². The molecule has 0 radical (unpaired) electrons. The summed E-state index contributed by atoms with van der Waals surface area (Å²) in [5.74, 6) is 1.25. The monoisotopic (exact) mass is 353 g/mol. The van der Waals surface area contributed by atoms with Gasteiger partial charge in [0.1, 0.15) is 0 Å². The maximum atomic E-state index is 5.73. The zero-order chi connectivity index (χ0) is 17.8. The number of ether oxygens (including phenoxy) is 1. The Bertz CT molecular complexity index is 712. The Morgan fingerprint density at radius 3 is 2.69 bits per heavy atom. The van der Waals surface area contributed by atoms with Crippen LogP contribution in [-0.4, -0.2) is 61.2 Å². The number of benzene rings is 1. The smallest absolute Gasteiger partial charge is 0.225 e. The van der Waals surface area contributed by atoms with Crippen LogP contribution in [0.25, 0.3) is 0 Å². The van der Waals surface area contributed by atoms with Crippen molar-refractivity contribution < 1.29 is 4.74 Å². The zero-order valence-electron chi connectivity index (χ0n) is 15.4. The lowest BCUT2D eigenvalue weighted by Crippen LogP contribution is -2.45. The minimum absolute atomic E-state index is 0.408. The molecule has 1 fully saturated rings. The minimum atomic E-state index is 0.408. The molecule has 0 amide bonds. The normalized spacial score (nSPS) is 20.8. The van der Waals surface area contributed by atoms with Crippen molar-refractivity contribution in [3.05, 3.63) is 53.3 Å². The zero-order valence-corrected chi connectivity index (χ0v) is 15.4. The van der Waals surface area contributed by atoms with Crippen LogP contribution in [0.4, 0.5) is 5.95 Å². The predicted molar refractivity (Wildman–Crippen MR) is 102 cm³/mol. The van der Waals surface area contributed by atoms with E-state index in [4.69, 9.17) is 4.74 Å². The lowest BCUT2D eigenvalue weighted by Gasteiger charge is -2.32. The van der Waals surface area contributed by atoms with Gasteiger partial charge in [0, 0.05) is 63.1 Å². The maximum absolute atomic E-state index is 5.73. The molecule has 3 heterocycles. The van der Waals surface area contributed by atoms with E-state index in [-0.39, 0.29) is 0 Å². The summed E-state index contributed by atoms with van der Waals surface area (Å²) in [7, 11) is 2.16. The van der Waals surface area contributed by atoms with E-state index >= 15 is 0 Å². The number of hydrogen-bond donors (Lipinski definition) is 1. The number of piperazine rings is 1. The Hall–Kier alpha value is -2.02. The number of nitrogens with one attached hydrogen (secondary N) is 1. The van der Waals surface area contributed by atoms with Crippen molar-refractivity contribution in [2.45, 2.75) is 19.1 Å². The highest BCUT2D eigenvalue weighted by Crippen LogP contribution is 2.25. The number of nitrogens with zero attached hydrogens (tertiary/aromatic N) is 4. The van der Waals surface area contributed by atoms with E-state index in [2.05, 4.69) is 56.4 Å². The Kier molecular flexibility index (Phi) is 5.43. The van der Waals surface area contributed by atoms with Crippen LogP contribution >= 0.6 is 0 Å². The van der Waals surface area contributed by atoms with Crippen LogP contribution in [0, 0.1) is 0 Å². The van der Waals surface area contributed by atoms with Gasteiger partial charge in [-0.05, 0) is 18.2 Å².